The number of para-hydroxylation sites is 1. The van der Waals surface area contributed by atoms with Crippen LogP contribution in [0, 0.1) is 0 Å². The Hall–Kier alpha value is -2.34. The van der Waals surface area contributed by atoms with Crippen molar-refractivity contribution in [1.29, 1.82) is 0 Å². The van der Waals surface area contributed by atoms with Crippen molar-refractivity contribution in [2.45, 2.75) is 43.9 Å². The van der Waals surface area contributed by atoms with Crippen molar-refractivity contribution in [2.75, 3.05) is 16.2 Å². The predicted molar refractivity (Wildman–Crippen MR) is 104 cm³/mol. The summed E-state index contributed by atoms with van der Waals surface area (Å²) >= 11 is 0. The number of sulfonamides is 1. The molecule has 2 aromatic rings. The van der Waals surface area contributed by atoms with Gasteiger partial charge in [-0.2, -0.15) is 0 Å². The standard InChI is InChI=1S/C20H24N2O3S/c1-2-3-10-20(23)21-17-11-13-18(14-12-17)26(24,25)22-15-6-8-16-7-4-5-9-19(16)22/h4-5,7,9,11-14H,2-3,6,8,10,15H2,1H3,(H,21,23). The monoisotopic (exact) mass is 372 g/mol. The lowest BCUT2D eigenvalue weighted by Crippen LogP contribution is -2.35. The summed E-state index contributed by atoms with van der Waals surface area (Å²) in [5, 5.41) is 2.80. The number of amides is 1. The summed E-state index contributed by atoms with van der Waals surface area (Å²) < 4.78 is 27.6. The largest absolute Gasteiger partial charge is 0.326 e. The number of nitrogens with zero attached hydrogens (tertiary/aromatic N) is 1. The van der Waals surface area contributed by atoms with E-state index in [9.17, 15) is 13.2 Å². The van der Waals surface area contributed by atoms with Crippen LogP contribution in [0.5, 0.6) is 0 Å². The summed E-state index contributed by atoms with van der Waals surface area (Å²) in [5.41, 5.74) is 2.43. The van der Waals surface area contributed by atoms with E-state index in [2.05, 4.69) is 5.32 Å². The second-order valence-electron chi connectivity index (χ2n) is 6.49. The third-order valence-corrected chi connectivity index (χ3v) is 6.38. The number of nitrogens with one attached hydrogen (secondary N) is 1. The van der Waals surface area contributed by atoms with Crippen molar-refractivity contribution in [3.63, 3.8) is 0 Å². The van der Waals surface area contributed by atoms with Gasteiger partial charge in [0.05, 0.1) is 10.6 Å². The molecule has 26 heavy (non-hydrogen) atoms. The molecule has 0 aromatic heterocycles. The molecule has 0 unspecified atom stereocenters. The van der Waals surface area contributed by atoms with Gasteiger partial charge in [0.1, 0.15) is 0 Å². The molecule has 1 heterocycles. The van der Waals surface area contributed by atoms with Crippen LogP contribution in [-0.2, 0) is 21.2 Å². The van der Waals surface area contributed by atoms with Gasteiger partial charge in [-0.15, -0.1) is 0 Å². The van der Waals surface area contributed by atoms with Gasteiger partial charge in [-0.3, -0.25) is 9.10 Å². The van der Waals surface area contributed by atoms with E-state index in [0.717, 1.165) is 36.9 Å². The van der Waals surface area contributed by atoms with Crippen LogP contribution >= 0.6 is 0 Å². The fraction of sp³-hybridized carbons (Fsp3) is 0.350. The van der Waals surface area contributed by atoms with Gasteiger partial charge in [-0.1, -0.05) is 31.5 Å². The third kappa shape index (κ3) is 3.90. The molecule has 0 saturated carbocycles. The number of unbranched alkanes of at least 4 members (excludes halogenated alkanes) is 1. The molecular formula is C20H24N2O3S. The van der Waals surface area contributed by atoms with Crippen molar-refractivity contribution >= 4 is 27.3 Å². The molecule has 0 radical (unpaired) electrons. The molecule has 2 aromatic carbocycles. The predicted octanol–water partition coefficient (Wildman–Crippen LogP) is 3.96. The Kier molecular flexibility index (Phi) is 5.61. The highest BCUT2D eigenvalue weighted by Gasteiger charge is 2.28. The fourth-order valence-electron chi connectivity index (χ4n) is 3.15. The third-order valence-electron chi connectivity index (χ3n) is 4.55. The number of anilines is 2. The van der Waals surface area contributed by atoms with Gasteiger partial charge in [0.2, 0.25) is 5.91 Å². The lowest BCUT2D eigenvalue weighted by molar-refractivity contribution is -0.116. The number of fused-ring (bicyclic) bond motifs is 1. The van der Waals surface area contributed by atoms with Gasteiger partial charge in [-0.05, 0) is 55.2 Å². The number of hydrogen-bond acceptors (Lipinski definition) is 3. The van der Waals surface area contributed by atoms with E-state index in [1.54, 1.807) is 24.3 Å². The van der Waals surface area contributed by atoms with E-state index >= 15 is 0 Å². The molecule has 0 spiro atoms. The summed E-state index contributed by atoms with van der Waals surface area (Å²) in [5.74, 6) is -0.0487. The molecule has 5 nitrogen and oxygen atoms in total. The van der Waals surface area contributed by atoms with Crippen LogP contribution in [-0.4, -0.2) is 20.9 Å². The number of carbonyl (C=O) groups excluding carboxylic acids is 1. The molecule has 0 atom stereocenters. The quantitative estimate of drug-likeness (QED) is 0.835. The first-order chi connectivity index (χ1) is 12.5. The number of hydrogen-bond donors (Lipinski definition) is 1. The van der Waals surface area contributed by atoms with E-state index in [0.29, 0.717) is 18.7 Å². The zero-order valence-corrected chi connectivity index (χ0v) is 15.8. The zero-order chi connectivity index (χ0) is 18.6. The molecule has 1 amide bonds. The molecule has 1 N–H and O–H groups in total. The fourth-order valence-corrected chi connectivity index (χ4v) is 4.69. The molecule has 138 valence electrons. The maximum atomic E-state index is 13.1. The number of rotatable bonds is 6. The molecule has 0 fully saturated rings. The molecule has 1 aliphatic heterocycles. The maximum Gasteiger partial charge on any atom is 0.264 e. The van der Waals surface area contributed by atoms with E-state index < -0.39 is 10.0 Å². The van der Waals surface area contributed by atoms with Crippen LogP contribution < -0.4 is 9.62 Å². The van der Waals surface area contributed by atoms with E-state index in [1.165, 1.54) is 4.31 Å². The molecule has 0 saturated heterocycles. The average molecular weight is 372 g/mol. The Morgan fingerprint density at radius 1 is 1.12 bits per heavy atom. The minimum absolute atomic E-state index is 0.0487. The van der Waals surface area contributed by atoms with Crippen LogP contribution in [0.25, 0.3) is 0 Å². The lowest BCUT2D eigenvalue weighted by atomic mass is 10.0. The molecule has 3 rings (SSSR count). The number of carbonyl (C=O) groups is 1. The lowest BCUT2D eigenvalue weighted by Gasteiger charge is -2.30. The van der Waals surface area contributed by atoms with Gasteiger partial charge < -0.3 is 5.32 Å². The second kappa shape index (κ2) is 7.91. The number of aryl methyl sites for hydroxylation is 1. The Bertz CT molecular complexity index is 876. The first-order valence-electron chi connectivity index (χ1n) is 9.03. The van der Waals surface area contributed by atoms with Gasteiger partial charge in [0, 0.05) is 18.7 Å². The highest BCUT2D eigenvalue weighted by molar-refractivity contribution is 7.92. The summed E-state index contributed by atoms with van der Waals surface area (Å²) in [6, 6.07) is 14.0. The first kappa shape index (κ1) is 18.5. The van der Waals surface area contributed by atoms with E-state index in [1.807, 2.05) is 31.2 Å². The molecule has 0 bridgehead atoms. The van der Waals surface area contributed by atoms with Crippen LogP contribution in [0.3, 0.4) is 0 Å². The van der Waals surface area contributed by atoms with Crippen LogP contribution in [0.4, 0.5) is 11.4 Å². The van der Waals surface area contributed by atoms with Crippen molar-refractivity contribution in [1.82, 2.24) is 0 Å². The Labute approximate surface area is 155 Å². The maximum absolute atomic E-state index is 13.1. The Morgan fingerprint density at radius 3 is 2.58 bits per heavy atom. The van der Waals surface area contributed by atoms with Crippen LogP contribution in [0.1, 0.15) is 38.2 Å². The summed E-state index contributed by atoms with van der Waals surface area (Å²) in [6.45, 7) is 2.51. The SMILES string of the molecule is CCCCC(=O)Nc1ccc(S(=O)(=O)N2CCCc3ccccc32)cc1. The zero-order valence-electron chi connectivity index (χ0n) is 14.9. The number of benzene rings is 2. The minimum atomic E-state index is -3.61. The Morgan fingerprint density at radius 2 is 1.85 bits per heavy atom. The topological polar surface area (TPSA) is 66.5 Å². The molecule has 6 heteroatoms. The Balaban J connectivity index is 1.80. The van der Waals surface area contributed by atoms with Crippen molar-refractivity contribution in [3.8, 4) is 0 Å². The highest BCUT2D eigenvalue weighted by atomic mass is 32.2. The van der Waals surface area contributed by atoms with Crippen molar-refractivity contribution in [3.05, 3.63) is 54.1 Å². The van der Waals surface area contributed by atoms with Crippen molar-refractivity contribution in [2.24, 2.45) is 0 Å². The van der Waals surface area contributed by atoms with E-state index in [-0.39, 0.29) is 10.8 Å². The summed E-state index contributed by atoms with van der Waals surface area (Å²) in [7, 11) is -3.61. The van der Waals surface area contributed by atoms with Crippen LogP contribution in [0.15, 0.2) is 53.4 Å². The average Bonchev–Trinajstić information content (AvgIpc) is 2.66. The van der Waals surface area contributed by atoms with E-state index in [4.69, 9.17) is 0 Å². The van der Waals surface area contributed by atoms with Gasteiger partial charge in [0.15, 0.2) is 0 Å². The normalized spacial score (nSPS) is 14.0. The van der Waals surface area contributed by atoms with Gasteiger partial charge >= 0.3 is 0 Å². The smallest absolute Gasteiger partial charge is 0.264 e. The molecular weight excluding hydrogens is 348 g/mol. The minimum Gasteiger partial charge on any atom is -0.326 e. The van der Waals surface area contributed by atoms with Crippen LogP contribution in [0.2, 0.25) is 0 Å². The summed E-state index contributed by atoms with van der Waals surface area (Å²) in [6.07, 6.45) is 3.97. The molecule has 0 aliphatic carbocycles. The second-order valence-corrected chi connectivity index (χ2v) is 8.35. The first-order valence-corrected chi connectivity index (χ1v) is 10.5. The summed E-state index contributed by atoms with van der Waals surface area (Å²) in [4.78, 5) is 12.0. The highest BCUT2D eigenvalue weighted by Crippen LogP contribution is 2.32. The van der Waals surface area contributed by atoms with Gasteiger partial charge in [0.25, 0.3) is 10.0 Å². The van der Waals surface area contributed by atoms with Gasteiger partial charge in [-0.25, -0.2) is 8.42 Å². The van der Waals surface area contributed by atoms with Crippen molar-refractivity contribution < 1.29 is 13.2 Å². The molecule has 1 aliphatic rings.